The van der Waals surface area contributed by atoms with Crippen molar-refractivity contribution in [2.45, 2.75) is 0 Å². The number of Topliss-reactive ketones (excluding diaryl/α,β-unsaturated/α-hetero) is 1. The Morgan fingerprint density at radius 3 is 2.48 bits per heavy atom. The Kier molecular flexibility index (Phi) is 8.38. The van der Waals surface area contributed by atoms with Crippen LogP contribution in [0.4, 0.5) is 4.79 Å². The molecule has 2 aromatic carbocycles. The number of ketones is 1. The summed E-state index contributed by atoms with van der Waals surface area (Å²) >= 11 is 8.59. The van der Waals surface area contributed by atoms with Crippen LogP contribution in [0.2, 0.25) is 5.02 Å². The second-order valence-corrected chi connectivity index (χ2v) is 9.19. The number of benzene rings is 2. The van der Waals surface area contributed by atoms with E-state index in [-0.39, 0.29) is 23.8 Å². The first kappa shape index (κ1) is 25.1. The minimum Gasteiger partial charge on any atom is -0.493 e. The van der Waals surface area contributed by atoms with Crippen LogP contribution in [0.25, 0.3) is 6.08 Å². The maximum absolute atomic E-state index is 12.8. The zero-order valence-electron chi connectivity index (χ0n) is 17.4. The summed E-state index contributed by atoms with van der Waals surface area (Å²) < 4.78 is 16.0. The maximum Gasteiger partial charge on any atom is 0.343 e. The van der Waals surface area contributed by atoms with Gasteiger partial charge in [-0.25, -0.2) is 4.79 Å². The minimum atomic E-state index is -0.563. The average molecular weight is 602 g/mol. The van der Waals surface area contributed by atoms with Gasteiger partial charge in [-0.2, -0.15) is 0 Å². The topological polar surface area (TPSA) is 99.2 Å². The smallest absolute Gasteiger partial charge is 0.343 e. The molecule has 3 rings (SSSR count). The Labute approximate surface area is 212 Å². The van der Waals surface area contributed by atoms with Crippen molar-refractivity contribution in [2.75, 3.05) is 27.4 Å². The van der Waals surface area contributed by atoms with Crippen molar-refractivity contribution in [2.24, 2.45) is 0 Å². The zero-order valence-corrected chi connectivity index (χ0v) is 21.2. The number of methoxy groups -OCH3 is 2. The van der Waals surface area contributed by atoms with Gasteiger partial charge in [-0.05, 0) is 82.4 Å². The molecule has 1 heterocycles. The van der Waals surface area contributed by atoms with Crippen LogP contribution in [0.1, 0.15) is 15.9 Å². The number of amides is 2. The summed E-state index contributed by atoms with van der Waals surface area (Å²) in [5, 5.41) is -0.0549. The molecule has 0 bridgehead atoms. The lowest BCUT2D eigenvalue weighted by Crippen LogP contribution is -2.33. The molecule has 1 fully saturated rings. The fourth-order valence-electron chi connectivity index (χ4n) is 2.81. The van der Waals surface area contributed by atoms with Gasteiger partial charge in [0.15, 0.2) is 23.9 Å². The molecule has 1 aliphatic rings. The maximum atomic E-state index is 12.8. The second kappa shape index (κ2) is 11.0. The molecule has 0 aromatic heterocycles. The Hall–Kier alpha value is -2.57. The van der Waals surface area contributed by atoms with E-state index in [1.54, 1.807) is 24.3 Å². The van der Waals surface area contributed by atoms with Gasteiger partial charge in [0.05, 0.1) is 29.2 Å². The standard InChI is InChI=1S/C22H17ClINO7S/c1-30-17-8-12(7-15(24)20(17)32-11-19(27)31-2)9-18-21(28)25(22(29)33-18)10-16(26)13-3-5-14(23)6-4-13/h3-9H,10-11H2,1-2H3/b18-9-. The number of carbonyl (C=O) groups excluding carboxylic acids is 4. The summed E-state index contributed by atoms with van der Waals surface area (Å²) in [4.78, 5) is 50.1. The van der Waals surface area contributed by atoms with Gasteiger partial charge in [0.1, 0.15) is 0 Å². The normalized spacial score (nSPS) is 14.5. The molecule has 0 atom stereocenters. The molecule has 0 unspecified atom stereocenters. The van der Waals surface area contributed by atoms with Crippen LogP contribution < -0.4 is 9.47 Å². The Bertz CT molecular complexity index is 1150. The SMILES string of the molecule is COC(=O)COc1c(I)cc(/C=C2\SC(=O)N(CC(=O)c3ccc(Cl)cc3)C2=O)cc1OC. The summed E-state index contributed by atoms with van der Waals surface area (Å²) in [5.74, 6) is -0.791. The summed E-state index contributed by atoms with van der Waals surface area (Å²) in [5.41, 5.74) is 0.931. The third-order valence-corrected chi connectivity index (χ3v) is 6.41. The van der Waals surface area contributed by atoms with E-state index in [1.165, 1.54) is 32.4 Å². The van der Waals surface area contributed by atoms with Crippen LogP contribution >= 0.6 is 46.0 Å². The number of esters is 1. The van der Waals surface area contributed by atoms with Crippen molar-refractivity contribution in [1.82, 2.24) is 4.90 Å². The molecular weight excluding hydrogens is 585 g/mol. The van der Waals surface area contributed by atoms with E-state index in [9.17, 15) is 19.2 Å². The number of hydrogen-bond acceptors (Lipinski definition) is 8. The molecule has 0 N–H and O–H groups in total. The molecule has 0 aliphatic carbocycles. The van der Waals surface area contributed by atoms with E-state index >= 15 is 0 Å². The predicted octanol–water partition coefficient (Wildman–Crippen LogP) is 4.42. The highest BCUT2D eigenvalue weighted by molar-refractivity contribution is 14.1. The molecule has 1 aliphatic heterocycles. The number of imide groups is 1. The lowest BCUT2D eigenvalue weighted by atomic mass is 10.1. The van der Waals surface area contributed by atoms with E-state index in [4.69, 9.17) is 21.1 Å². The molecule has 2 amide bonds. The van der Waals surface area contributed by atoms with Gasteiger partial charge in [0.25, 0.3) is 11.1 Å². The first-order valence-corrected chi connectivity index (χ1v) is 11.6. The highest BCUT2D eigenvalue weighted by Crippen LogP contribution is 2.37. The lowest BCUT2D eigenvalue weighted by Gasteiger charge is -2.13. The summed E-state index contributed by atoms with van der Waals surface area (Å²) in [6.45, 7) is -0.659. The molecule has 11 heteroatoms. The van der Waals surface area contributed by atoms with Crippen LogP contribution in [0, 0.1) is 3.57 Å². The Morgan fingerprint density at radius 1 is 1.15 bits per heavy atom. The van der Waals surface area contributed by atoms with Gasteiger partial charge in [-0.3, -0.25) is 19.3 Å². The van der Waals surface area contributed by atoms with Crippen LogP contribution in [-0.2, 0) is 14.3 Å². The number of carbonyl (C=O) groups is 4. The van der Waals surface area contributed by atoms with Gasteiger partial charge in [-0.1, -0.05) is 11.6 Å². The molecule has 172 valence electrons. The number of hydrogen-bond donors (Lipinski definition) is 0. The third kappa shape index (κ3) is 6.06. The minimum absolute atomic E-state index is 0.171. The number of ether oxygens (including phenoxy) is 3. The number of nitrogens with zero attached hydrogens (tertiary/aromatic N) is 1. The van der Waals surface area contributed by atoms with Gasteiger partial charge >= 0.3 is 5.97 Å². The largest absolute Gasteiger partial charge is 0.493 e. The zero-order chi connectivity index (χ0) is 24.1. The van der Waals surface area contributed by atoms with Crippen molar-refractivity contribution in [3.05, 3.63) is 61.0 Å². The number of thioether (sulfide) groups is 1. The first-order chi connectivity index (χ1) is 15.7. The van der Waals surface area contributed by atoms with Crippen molar-refractivity contribution < 1.29 is 33.4 Å². The monoisotopic (exact) mass is 601 g/mol. The third-order valence-electron chi connectivity index (χ3n) is 4.45. The summed E-state index contributed by atoms with van der Waals surface area (Å²) in [6, 6.07) is 9.53. The quantitative estimate of drug-likeness (QED) is 0.190. The fraction of sp³-hybridized carbons (Fsp3) is 0.182. The highest BCUT2D eigenvalue weighted by atomic mass is 127. The molecule has 8 nitrogen and oxygen atoms in total. The van der Waals surface area contributed by atoms with E-state index in [1.807, 2.05) is 22.6 Å². The van der Waals surface area contributed by atoms with E-state index in [2.05, 4.69) is 4.74 Å². The highest BCUT2D eigenvalue weighted by Gasteiger charge is 2.36. The summed E-state index contributed by atoms with van der Waals surface area (Å²) in [6.07, 6.45) is 1.53. The van der Waals surface area contributed by atoms with Crippen molar-refractivity contribution in [1.29, 1.82) is 0 Å². The van der Waals surface area contributed by atoms with Gasteiger partial charge < -0.3 is 14.2 Å². The molecule has 0 spiro atoms. The van der Waals surface area contributed by atoms with Crippen molar-refractivity contribution >= 4 is 74.9 Å². The molecule has 33 heavy (non-hydrogen) atoms. The number of halogens is 2. The lowest BCUT2D eigenvalue weighted by molar-refractivity contribution is -0.143. The van der Waals surface area contributed by atoms with Crippen molar-refractivity contribution in [3.63, 3.8) is 0 Å². The number of rotatable bonds is 8. The average Bonchev–Trinajstić information content (AvgIpc) is 3.05. The van der Waals surface area contributed by atoms with Crippen molar-refractivity contribution in [3.8, 4) is 11.5 Å². The van der Waals surface area contributed by atoms with E-state index in [0.29, 0.717) is 31.2 Å². The molecule has 0 saturated carbocycles. The molecule has 1 saturated heterocycles. The van der Waals surface area contributed by atoms with Gasteiger partial charge in [-0.15, -0.1) is 0 Å². The summed E-state index contributed by atoms with van der Waals surface area (Å²) in [7, 11) is 2.70. The van der Waals surface area contributed by atoms with E-state index < -0.39 is 17.1 Å². The fourth-order valence-corrected chi connectivity index (χ4v) is 4.56. The Balaban J connectivity index is 1.79. The predicted molar refractivity (Wildman–Crippen MR) is 132 cm³/mol. The van der Waals surface area contributed by atoms with Crippen LogP contribution in [-0.4, -0.2) is 55.2 Å². The van der Waals surface area contributed by atoms with Crippen LogP contribution in [0.3, 0.4) is 0 Å². The molecular formula is C22H17ClINO7S. The van der Waals surface area contributed by atoms with Crippen LogP contribution in [0.5, 0.6) is 11.5 Å². The van der Waals surface area contributed by atoms with Crippen LogP contribution in [0.15, 0.2) is 41.3 Å². The first-order valence-electron chi connectivity index (χ1n) is 9.34. The van der Waals surface area contributed by atoms with Gasteiger partial charge in [0, 0.05) is 10.6 Å². The van der Waals surface area contributed by atoms with Gasteiger partial charge in [0.2, 0.25) is 0 Å². The molecule has 0 radical (unpaired) electrons. The van der Waals surface area contributed by atoms with E-state index in [0.717, 1.165) is 16.7 Å². The second-order valence-electron chi connectivity index (χ2n) is 6.60. The Morgan fingerprint density at radius 2 is 1.85 bits per heavy atom. The molecule has 2 aromatic rings.